The van der Waals surface area contributed by atoms with E-state index in [9.17, 15) is 4.79 Å². The number of hydrogen-bond acceptors (Lipinski definition) is 5. The minimum absolute atomic E-state index is 0.0818. The van der Waals surface area contributed by atoms with Crippen LogP contribution in [0.25, 0.3) is 0 Å². The molecular weight excluding hydrogens is 236 g/mol. The highest BCUT2D eigenvalue weighted by molar-refractivity contribution is 7.99. The van der Waals surface area contributed by atoms with Crippen molar-refractivity contribution in [1.29, 1.82) is 0 Å². The zero-order valence-electron chi connectivity index (χ0n) is 10.3. The van der Waals surface area contributed by atoms with Crippen molar-refractivity contribution in [1.82, 2.24) is 20.2 Å². The Balaban J connectivity index is 1.96. The Kier molecular flexibility index (Phi) is 4.15. The summed E-state index contributed by atoms with van der Waals surface area (Å²) in [6, 6.07) is 0.432. The molecule has 0 N–H and O–H groups in total. The minimum Gasteiger partial charge on any atom is -0.298 e. The van der Waals surface area contributed by atoms with E-state index in [0.29, 0.717) is 11.8 Å². The summed E-state index contributed by atoms with van der Waals surface area (Å²) in [7, 11) is 0. The lowest BCUT2D eigenvalue weighted by Gasteiger charge is -2.10. The maximum atomic E-state index is 11.6. The van der Waals surface area contributed by atoms with Crippen LogP contribution in [0.1, 0.15) is 45.6 Å². The van der Waals surface area contributed by atoms with Gasteiger partial charge in [-0.3, -0.25) is 4.79 Å². The van der Waals surface area contributed by atoms with Gasteiger partial charge in [0.2, 0.25) is 5.16 Å². The first kappa shape index (κ1) is 12.5. The van der Waals surface area contributed by atoms with Gasteiger partial charge in [0.15, 0.2) is 0 Å². The van der Waals surface area contributed by atoms with Gasteiger partial charge in [-0.25, -0.2) is 4.68 Å². The smallest absolute Gasteiger partial charge is 0.210 e. The molecule has 1 aliphatic carbocycles. The maximum absolute atomic E-state index is 11.6. The van der Waals surface area contributed by atoms with Crippen molar-refractivity contribution < 1.29 is 4.79 Å². The van der Waals surface area contributed by atoms with E-state index < -0.39 is 0 Å². The van der Waals surface area contributed by atoms with Crippen LogP contribution in [0.5, 0.6) is 0 Å². The summed E-state index contributed by atoms with van der Waals surface area (Å²) in [6.45, 7) is 3.84. The summed E-state index contributed by atoms with van der Waals surface area (Å²) in [5.41, 5.74) is 0. The zero-order chi connectivity index (χ0) is 12.3. The van der Waals surface area contributed by atoms with Gasteiger partial charge in [0.1, 0.15) is 5.78 Å². The Hall–Kier alpha value is -0.910. The van der Waals surface area contributed by atoms with Crippen LogP contribution in [0, 0.1) is 5.92 Å². The highest BCUT2D eigenvalue weighted by Crippen LogP contribution is 2.31. The second-order valence-corrected chi connectivity index (χ2v) is 5.70. The molecule has 17 heavy (non-hydrogen) atoms. The first-order valence-electron chi connectivity index (χ1n) is 6.12. The van der Waals surface area contributed by atoms with E-state index >= 15 is 0 Å². The SMILES string of the molecule is CC(C)C(=O)CSc1nnnn1C1CCCC1. The molecule has 0 aliphatic heterocycles. The van der Waals surface area contributed by atoms with Crippen LogP contribution < -0.4 is 0 Å². The largest absolute Gasteiger partial charge is 0.298 e. The zero-order valence-corrected chi connectivity index (χ0v) is 11.1. The maximum Gasteiger partial charge on any atom is 0.210 e. The van der Waals surface area contributed by atoms with Gasteiger partial charge in [-0.15, -0.1) is 5.10 Å². The molecule has 0 amide bonds. The quantitative estimate of drug-likeness (QED) is 0.753. The molecule has 0 radical (unpaired) electrons. The minimum atomic E-state index is 0.0818. The molecule has 0 bridgehead atoms. The van der Waals surface area contributed by atoms with Crippen LogP contribution in [0.2, 0.25) is 0 Å². The van der Waals surface area contributed by atoms with E-state index in [2.05, 4.69) is 15.5 Å². The van der Waals surface area contributed by atoms with Gasteiger partial charge in [-0.1, -0.05) is 38.5 Å². The molecule has 6 heteroatoms. The second kappa shape index (κ2) is 5.62. The lowest BCUT2D eigenvalue weighted by molar-refractivity contribution is -0.119. The monoisotopic (exact) mass is 254 g/mol. The summed E-state index contributed by atoms with van der Waals surface area (Å²) in [4.78, 5) is 11.6. The fraction of sp³-hybridized carbons (Fsp3) is 0.818. The van der Waals surface area contributed by atoms with Gasteiger partial charge in [-0.05, 0) is 23.3 Å². The molecular formula is C11H18N4OS. The van der Waals surface area contributed by atoms with Gasteiger partial charge >= 0.3 is 0 Å². The van der Waals surface area contributed by atoms with Crippen molar-refractivity contribution in [3.05, 3.63) is 0 Å². The highest BCUT2D eigenvalue weighted by atomic mass is 32.2. The number of hydrogen-bond donors (Lipinski definition) is 0. The molecule has 2 rings (SSSR count). The standard InChI is InChI=1S/C11H18N4OS/c1-8(2)10(16)7-17-11-12-13-14-15(11)9-5-3-4-6-9/h8-9H,3-7H2,1-2H3. The van der Waals surface area contributed by atoms with E-state index in [1.807, 2.05) is 18.5 Å². The first-order valence-corrected chi connectivity index (χ1v) is 7.10. The lowest BCUT2D eigenvalue weighted by atomic mass is 10.1. The molecule has 1 aliphatic rings. The Morgan fingerprint density at radius 3 is 2.82 bits per heavy atom. The number of rotatable bonds is 5. The van der Waals surface area contributed by atoms with E-state index in [4.69, 9.17) is 0 Å². The topological polar surface area (TPSA) is 60.7 Å². The molecule has 94 valence electrons. The second-order valence-electron chi connectivity index (χ2n) is 4.75. The fourth-order valence-corrected chi connectivity index (χ4v) is 2.98. The van der Waals surface area contributed by atoms with Crippen molar-refractivity contribution in [2.75, 3.05) is 5.75 Å². The van der Waals surface area contributed by atoms with Gasteiger partial charge in [0.25, 0.3) is 0 Å². The summed E-state index contributed by atoms with van der Waals surface area (Å²) in [5.74, 6) is 0.791. The number of ketones is 1. The molecule has 1 saturated carbocycles. The molecule has 0 saturated heterocycles. The summed E-state index contributed by atoms with van der Waals surface area (Å²) in [5, 5.41) is 12.6. The molecule has 0 spiro atoms. The van der Waals surface area contributed by atoms with Crippen molar-refractivity contribution in [2.45, 2.75) is 50.7 Å². The van der Waals surface area contributed by atoms with Crippen molar-refractivity contribution >= 4 is 17.5 Å². The summed E-state index contributed by atoms with van der Waals surface area (Å²) in [6.07, 6.45) is 4.80. The molecule has 1 fully saturated rings. The van der Waals surface area contributed by atoms with Crippen LogP contribution in [0.4, 0.5) is 0 Å². The van der Waals surface area contributed by atoms with Gasteiger partial charge in [0, 0.05) is 5.92 Å². The predicted molar refractivity (Wildman–Crippen MR) is 65.9 cm³/mol. The highest BCUT2D eigenvalue weighted by Gasteiger charge is 2.22. The number of thioether (sulfide) groups is 1. The van der Waals surface area contributed by atoms with E-state index in [-0.39, 0.29) is 11.7 Å². The number of Topliss-reactive ketones (excluding diaryl/α,β-unsaturated/α-hetero) is 1. The van der Waals surface area contributed by atoms with Crippen LogP contribution in [-0.4, -0.2) is 31.7 Å². The Bertz CT molecular complexity index is 385. The molecule has 1 aromatic heterocycles. The Morgan fingerprint density at radius 2 is 2.18 bits per heavy atom. The fourth-order valence-electron chi connectivity index (χ4n) is 1.96. The normalized spacial score (nSPS) is 16.9. The van der Waals surface area contributed by atoms with Crippen molar-refractivity contribution in [2.24, 2.45) is 5.92 Å². The van der Waals surface area contributed by atoms with Gasteiger partial charge < -0.3 is 0 Å². The predicted octanol–water partition coefficient (Wildman–Crippen LogP) is 2.11. The Labute approximate surface area is 105 Å². The molecule has 0 atom stereocenters. The first-order chi connectivity index (χ1) is 8.18. The average Bonchev–Trinajstić information content (AvgIpc) is 2.95. The average molecular weight is 254 g/mol. The van der Waals surface area contributed by atoms with Crippen molar-refractivity contribution in [3.63, 3.8) is 0 Å². The van der Waals surface area contributed by atoms with Crippen LogP contribution in [0.3, 0.4) is 0 Å². The molecule has 1 heterocycles. The number of carbonyl (C=O) groups excluding carboxylic acids is 1. The third-order valence-corrected chi connectivity index (χ3v) is 4.08. The van der Waals surface area contributed by atoms with Crippen LogP contribution in [-0.2, 0) is 4.79 Å². The number of aromatic nitrogens is 4. The number of tetrazole rings is 1. The van der Waals surface area contributed by atoms with Crippen molar-refractivity contribution in [3.8, 4) is 0 Å². The van der Waals surface area contributed by atoms with E-state index in [1.165, 1.54) is 24.6 Å². The lowest BCUT2D eigenvalue weighted by Crippen LogP contribution is -2.12. The van der Waals surface area contributed by atoms with Gasteiger partial charge in [-0.2, -0.15) is 0 Å². The number of carbonyl (C=O) groups is 1. The van der Waals surface area contributed by atoms with E-state index in [0.717, 1.165) is 18.0 Å². The summed E-state index contributed by atoms with van der Waals surface area (Å²) >= 11 is 1.45. The molecule has 0 aromatic carbocycles. The third-order valence-electron chi connectivity index (χ3n) is 3.12. The van der Waals surface area contributed by atoms with Crippen LogP contribution in [0.15, 0.2) is 5.16 Å². The number of nitrogens with zero attached hydrogens (tertiary/aromatic N) is 4. The van der Waals surface area contributed by atoms with Crippen LogP contribution >= 0.6 is 11.8 Å². The molecule has 0 unspecified atom stereocenters. The molecule has 1 aromatic rings. The van der Waals surface area contributed by atoms with Gasteiger partial charge in [0.05, 0.1) is 11.8 Å². The summed E-state index contributed by atoms with van der Waals surface area (Å²) < 4.78 is 1.89. The third kappa shape index (κ3) is 3.06. The van der Waals surface area contributed by atoms with E-state index in [1.54, 1.807) is 0 Å². The Morgan fingerprint density at radius 1 is 1.47 bits per heavy atom. The molecule has 5 nitrogen and oxygen atoms in total.